The molecule has 0 saturated heterocycles. The molecular weight excluding hydrogens is 294 g/mol. The zero-order chi connectivity index (χ0) is 15.2. The Balaban J connectivity index is 2.12. The predicted octanol–water partition coefficient (Wildman–Crippen LogP) is 4.44. The minimum atomic E-state index is -0.875. The summed E-state index contributed by atoms with van der Waals surface area (Å²) in [6.07, 6.45) is 0. The molecule has 2 aromatic rings. The summed E-state index contributed by atoms with van der Waals surface area (Å²) < 4.78 is 32.2. The molecule has 0 unspecified atom stereocenters. The van der Waals surface area contributed by atoms with Crippen LogP contribution in [0, 0.1) is 30.4 Å². The fourth-order valence-corrected chi connectivity index (χ4v) is 1.91. The Kier molecular flexibility index (Phi) is 5.19. The van der Waals surface area contributed by atoms with Crippen LogP contribution in [0.25, 0.3) is 0 Å². The number of rotatable bonds is 3. The summed E-state index contributed by atoms with van der Waals surface area (Å²) >= 11 is 5.50. The van der Waals surface area contributed by atoms with Crippen LogP contribution in [0.4, 0.5) is 8.78 Å². The molecule has 0 atom stereocenters. The van der Waals surface area contributed by atoms with Crippen LogP contribution in [0.5, 0.6) is 5.75 Å². The minimum absolute atomic E-state index is 0.0306. The van der Waals surface area contributed by atoms with Gasteiger partial charge >= 0.3 is 0 Å². The zero-order valence-corrected chi connectivity index (χ0v) is 12.2. The molecule has 0 aliphatic rings. The highest BCUT2D eigenvalue weighted by atomic mass is 35.5. The second-order valence-corrected chi connectivity index (χ2v) is 4.68. The van der Waals surface area contributed by atoms with Gasteiger partial charge in [-0.2, -0.15) is 0 Å². The molecule has 0 bridgehead atoms. The van der Waals surface area contributed by atoms with Gasteiger partial charge in [-0.25, -0.2) is 8.78 Å². The summed E-state index contributed by atoms with van der Waals surface area (Å²) in [4.78, 5) is 0. The Hall–Kier alpha value is -2.05. The van der Waals surface area contributed by atoms with E-state index in [-0.39, 0.29) is 18.1 Å². The number of ether oxygens (including phenoxy) is 1. The van der Waals surface area contributed by atoms with Gasteiger partial charge < -0.3 is 4.74 Å². The Morgan fingerprint density at radius 1 is 1.19 bits per heavy atom. The van der Waals surface area contributed by atoms with Crippen LogP contribution < -0.4 is 4.74 Å². The number of hydrogen-bond donors (Lipinski definition) is 0. The maximum absolute atomic E-state index is 13.5. The van der Waals surface area contributed by atoms with Gasteiger partial charge in [-0.3, -0.25) is 0 Å². The van der Waals surface area contributed by atoms with Crippen molar-refractivity contribution in [3.8, 4) is 17.6 Å². The van der Waals surface area contributed by atoms with Crippen molar-refractivity contribution in [3.05, 3.63) is 64.7 Å². The highest BCUT2D eigenvalue weighted by Gasteiger charge is 2.08. The van der Waals surface area contributed by atoms with Crippen molar-refractivity contribution in [2.75, 3.05) is 5.88 Å². The van der Waals surface area contributed by atoms with Crippen LogP contribution >= 0.6 is 11.6 Å². The number of alkyl halides is 1. The summed E-state index contributed by atoms with van der Waals surface area (Å²) in [5.74, 6) is 4.80. The number of aryl methyl sites for hydroxylation is 1. The molecule has 21 heavy (non-hydrogen) atoms. The molecule has 1 nitrogen and oxygen atoms in total. The lowest BCUT2D eigenvalue weighted by Gasteiger charge is -2.10. The third-order valence-corrected chi connectivity index (χ3v) is 3.02. The molecule has 4 heteroatoms. The van der Waals surface area contributed by atoms with Crippen molar-refractivity contribution >= 4 is 11.6 Å². The fraction of sp³-hybridized carbons (Fsp3) is 0.176. The predicted molar refractivity (Wildman–Crippen MR) is 79.5 cm³/mol. The third kappa shape index (κ3) is 3.96. The Labute approximate surface area is 127 Å². The van der Waals surface area contributed by atoms with Crippen LogP contribution in [0.2, 0.25) is 0 Å². The topological polar surface area (TPSA) is 9.23 Å². The van der Waals surface area contributed by atoms with E-state index in [0.717, 1.165) is 17.2 Å². The van der Waals surface area contributed by atoms with E-state index in [0.29, 0.717) is 5.75 Å². The molecule has 0 saturated carbocycles. The molecular formula is C17H13ClF2O. The normalized spacial score (nSPS) is 9.90. The fourth-order valence-electron chi connectivity index (χ4n) is 1.84. The van der Waals surface area contributed by atoms with Gasteiger partial charge in [-0.15, -0.1) is 11.6 Å². The van der Waals surface area contributed by atoms with E-state index in [1.165, 1.54) is 12.1 Å². The summed E-state index contributed by atoms with van der Waals surface area (Å²) in [7, 11) is 0. The first-order valence-electron chi connectivity index (χ1n) is 6.33. The van der Waals surface area contributed by atoms with Gasteiger partial charge in [0.05, 0.1) is 5.88 Å². The average Bonchev–Trinajstić information content (AvgIpc) is 2.48. The molecule has 0 aromatic heterocycles. The number of hydrogen-bond acceptors (Lipinski definition) is 1. The van der Waals surface area contributed by atoms with Crippen LogP contribution in [0.1, 0.15) is 16.7 Å². The maximum atomic E-state index is 13.5. The van der Waals surface area contributed by atoms with Crippen LogP contribution in [-0.4, -0.2) is 5.88 Å². The lowest BCUT2D eigenvalue weighted by molar-refractivity contribution is 0.295. The molecule has 108 valence electrons. The van der Waals surface area contributed by atoms with Gasteiger partial charge in [0, 0.05) is 11.1 Å². The maximum Gasteiger partial charge on any atom is 0.165 e. The monoisotopic (exact) mass is 306 g/mol. The Morgan fingerprint density at radius 2 is 2.00 bits per heavy atom. The summed E-state index contributed by atoms with van der Waals surface area (Å²) in [6, 6.07) is 9.43. The van der Waals surface area contributed by atoms with E-state index in [1.807, 2.05) is 13.0 Å². The quantitative estimate of drug-likeness (QED) is 0.601. The molecule has 0 spiro atoms. The number of benzene rings is 2. The smallest absolute Gasteiger partial charge is 0.165 e. The molecule has 0 fully saturated rings. The Morgan fingerprint density at radius 3 is 2.71 bits per heavy atom. The van der Waals surface area contributed by atoms with Gasteiger partial charge in [-0.05, 0) is 36.8 Å². The second kappa shape index (κ2) is 7.10. The standard InChI is InChI=1S/C17H13ClF2O/c1-12-10-13(4-3-9-18)7-8-16(12)21-11-14-5-2-6-15(19)17(14)20/h2,5-8,10H,9,11H2,1H3. The van der Waals surface area contributed by atoms with Crippen LogP contribution in [0.15, 0.2) is 36.4 Å². The molecule has 0 amide bonds. The van der Waals surface area contributed by atoms with Gasteiger partial charge in [0.1, 0.15) is 12.4 Å². The van der Waals surface area contributed by atoms with Gasteiger partial charge in [-0.1, -0.05) is 24.0 Å². The molecule has 0 heterocycles. The lowest BCUT2D eigenvalue weighted by atomic mass is 10.1. The van der Waals surface area contributed by atoms with E-state index < -0.39 is 11.6 Å². The largest absolute Gasteiger partial charge is 0.489 e. The van der Waals surface area contributed by atoms with Crippen molar-refractivity contribution in [2.24, 2.45) is 0 Å². The molecule has 0 radical (unpaired) electrons. The van der Waals surface area contributed by atoms with Gasteiger partial charge in [0.25, 0.3) is 0 Å². The Bertz CT molecular complexity index is 702. The van der Waals surface area contributed by atoms with Crippen molar-refractivity contribution in [2.45, 2.75) is 13.5 Å². The average molecular weight is 307 g/mol. The lowest BCUT2D eigenvalue weighted by Crippen LogP contribution is -2.01. The molecule has 2 rings (SSSR count). The first kappa shape index (κ1) is 15.3. The first-order valence-corrected chi connectivity index (χ1v) is 6.86. The molecule has 0 aliphatic heterocycles. The second-order valence-electron chi connectivity index (χ2n) is 4.42. The highest BCUT2D eigenvalue weighted by molar-refractivity contribution is 6.19. The van der Waals surface area contributed by atoms with Crippen LogP contribution in [-0.2, 0) is 6.61 Å². The third-order valence-electron chi connectivity index (χ3n) is 2.89. The minimum Gasteiger partial charge on any atom is -0.489 e. The van der Waals surface area contributed by atoms with Crippen molar-refractivity contribution < 1.29 is 13.5 Å². The summed E-state index contributed by atoms with van der Waals surface area (Å²) in [5.41, 5.74) is 1.88. The van der Waals surface area contributed by atoms with E-state index in [9.17, 15) is 8.78 Å². The van der Waals surface area contributed by atoms with E-state index in [2.05, 4.69) is 11.8 Å². The van der Waals surface area contributed by atoms with Gasteiger partial charge in [0.2, 0.25) is 0 Å². The van der Waals surface area contributed by atoms with E-state index in [1.54, 1.807) is 12.1 Å². The number of halogens is 3. The zero-order valence-electron chi connectivity index (χ0n) is 11.4. The first-order chi connectivity index (χ1) is 10.1. The molecule has 2 aromatic carbocycles. The molecule has 0 N–H and O–H groups in total. The van der Waals surface area contributed by atoms with Crippen molar-refractivity contribution in [1.82, 2.24) is 0 Å². The van der Waals surface area contributed by atoms with Crippen molar-refractivity contribution in [3.63, 3.8) is 0 Å². The van der Waals surface area contributed by atoms with E-state index in [4.69, 9.17) is 16.3 Å². The van der Waals surface area contributed by atoms with Gasteiger partial charge in [0.15, 0.2) is 11.6 Å². The highest BCUT2D eigenvalue weighted by Crippen LogP contribution is 2.21. The SMILES string of the molecule is Cc1cc(C#CCCl)ccc1OCc1cccc(F)c1F. The van der Waals surface area contributed by atoms with E-state index >= 15 is 0 Å². The van der Waals surface area contributed by atoms with Crippen molar-refractivity contribution in [1.29, 1.82) is 0 Å². The molecule has 0 aliphatic carbocycles. The van der Waals surface area contributed by atoms with Crippen LogP contribution in [0.3, 0.4) is 0 Å². The summed E-state index contributed by atoms with van der Waals surface area (Å²) in [6.45, 7) is 1.83. The summed E-state index contributed by atoms with van der Waals surface area (Å²) in [5, 5.41) is 0.